The van der Waals surface area contributed by atoms with Gasteiger partial charge in [0, 0.05) is 20.0 Å². The Kier molecular flexibility index (Phi) is 3.63. The number of nitriles is 1. The zero-order valence-electron chi connectivity index (χ0n) is 11.3. The highest BCUT2D eigenvalue weighted by atomic mass is 19.1. The van der Waals surface area contributed by atoms with Crippen molar-refractivity contribution in [3.63, 3.8) is 0 Å². The Balaban J connectivity index is 2.29. The average molecular weight is 290 g/mol. The van der Waals surface area contributed by atoms with Gasteiger partial charge in [-0.3, -0.25) is 0 Å². The highest BCUT2D eigenvalue weighted by Crippen LogP contribution is 2.24. The van der Waals surface area contributed by atoms with Crippen LogP contribution in [0.15, 0.2) is 30.0 Å². The molecule has 1 saturated heterocycles. The summed E-state index contributed by atoms with van der Waals surface area (Å²) < 4.78 is 23.4. The summed E-state index contributed by atoms with van der Waals surface area (Å²) in [6.45, 7) is 2.83. The second-order valence-electron chi connectivity index (χ2n) is 4.66. The summed E-state index contributed by atoms with van der Waals surface area (Å²) in [5.74, 6) is -3.82. The molecule has 1 N–H and O–H groups in total. The van der Waals surface area contributed by atoms with Gasteiger partial charge in [-0.25, -0.2) is 14.0 Å². The second-order valence-corrected chi connectivity index (χ2v) is 4.66. The summed E-state index contributed by atoms with van der Waals surface area (Å²) in [6.07, 6.45) is 0.958. The van der Waals surface area contributed by atoms with Crippen molar-refractivity contribution in [2.24, 2.45) is 0 Å². The number of esters is 2. The Hall–Kier alpha value is -2.88. The minimum Gasteiger partial charge on any atom is -0.419 e. The first-order valence-corrected chi connectivity index (χ1v) is 5.96. The van der Waals surface area contributed by atoms with Gasteiger partial charge in [-0.05, 0) is 12.1 Å². The summed E-state index contributed by atoms with van der Waals surface area (Å²) in [4.78, 5) is 23.4. The molecule has 7 heteroatoms. The number of cyclic esters (lactones) is 2. The maximum absolute atomic E-state index is 13.6. The molecule has 1 aromatic rings. The molecule has 0 spiro atoms. The molecule has 1 fully saturated rings. The van der Waals surface area contributed by atoms with E-state index in [4.69, 9.17) is 14.7 Å². The van der Waals surface area contributed by atoms with Gasteiger partial charge in [0.2, 0.25) is 0 Å². The van der Waals surface area contributed by atoms with Gasteiger partial charge in [-0.1, -0.05) is 6.07 Å². The quantitative estimate of drug-likeness (QED) is 0.508. The van der Waals surface area contributed by atoms with Crippen LogP contribution in [0.25, 0.3) is 0 Å². The Morgan fingerprint density at radius 3 is 2.48 bits per heavy atom. The number of para-hydroxylation sites is 1. The molecule has 0 bridgehead atoms. The van der Waals surface area contributed by atoms with Crippen LogP contribution >= 0.6 is 0 Å². The van der Waals surface area contributed by atoms with E-state index >= 15 is 0 Å². The number of halogens is 1. The van der Waals surface area contributed by atoms with Gasteiger partial charge in [0.15, 0.2) is 5.57 Å². The molecule has 0 radical (unpaired) electrons. The van der Waals surface area contributed by atoms with Crippen LogP contribution in [-0.4, -0.2) is 17.7 Å². The zero-order valence-corrected chi connectivity index (χ0v) is 11.3. The highest BCUT2D eigenvalue weighted by Gasteiger charge is 2.39. The van der Waals surface area contributed by atoms with E-state index in [9.17, 15) is 14.0 Å². The minimum absolute atomic E-state index is 0.0322. The first-order valence-electron chi connectivity index (χ1n) is 5.96. The van der Waals surface area contributed by atoms with Crippen molar-refractivity contribution in [1.29, 1.82) is 5.26 Å². The number of rotatable bonds is 2. The standard InChI is InChI=1S/C14H11FN2O4/c1-14(2)20-12(18)9(13(19)21-14)7-17-11-8(6-16)4-3-5-10(11)15/h3-5,7,17H,1-2H3. The predicted octanol–water partition coefficient (Wildman–Crippen LogP) is 1.83. The fraction of sp³-hybridized carbons (Fsp3) is 0.214. The Morgan fingerprint density at radius 2 is 1.90 bits per heavy atom. The Labute approximate surface area is 119 Å². The van der Waals surface area contributed by atoms with Crippen molar-refractivity contribution in [3.8, 4) is 6.07 Å². The zero-order chi connectivity index (χ0) is 15.6. The van der Waals surface area contributed by atoms with Gasteiger partial charge in [0.1, 0.15) is 11.9 Å². The number of benzene rings is 1. The number of carbonyl (C=O) groups excluding carboxylic acids is 2. The predicted molar refractivity (Wildman–Crippen MR) is 69.1 cm³/mol. The highest BCUT2D eigenvalue weighted by molar-refractivity contribution is 6.15. The van der Waals surface area contributed by atoms with Crippen LogP contribution in [0.3, 0.4) is 0 Å². The fourth-order valence-electron chi connectivity index (χ4n) is 1.69. The third kappa shape index (κ3) is 3.00. The van der Waals surface area contributed by atoms with Gasteiger partial charge in [0.25, 0.3) is 5.79 Å². The van der Waals surface area contributed by atoms with Gasteiger partial charge in [-0.2, -0.15) is 5.26 Å². The number of hydrogen-bond acceptors (Lipinski definition) is 6. The van der Waals surface area contributed by atoms with Crippen molar-refractivity contribution < 1.29 is 23.5 Å². The van der Waals surface area contributed by atoms with E-state index in [-0.39, 0.29) is 11.3 Å². The molecule has 6 nitrogen and oxygen atoms in total. The molecule has 0 amide bonds. The molecule has 1 aliphatic heterocycles. The van der Waals surface area contributed by atoms with E-state index < -0.39 is 29.1 Å². The lowest BCUT2D eigenvalue weighted by Gasteiger charge is -2.29. The SMILES string of the molecule is CC1(C)OC(=O)C(=CNc2c(F)cccc2C#N)C(=O)O1. The molecule has 1 heterocycles. The number of hydrogen-bond donors (Lipinski definition) is 1. The van der Waals surface area contributed by atoms with E-state index in [2.05, 4.69) is 5.32 Å². The van der Waals surface area contributed by atoms with Crippen LogP contribution in [0.5, 0.6) is 0 Å². The molecular formula is C14H11FN2O4. The van der Waals surface area contributed by atoms with Gasteiger partial charge >= 0.3 is 11.9 Å². The summed E-state index contributed by atoms with van der Waals surface area (Å²) in [6, 6.07) is 5.70. The normalized spacial score (nSPS) is 16.6. The average Bonchev–Trinajstić information content (AvgIpc) is 2.37. The van der Waals surface area contributed by atoms with Gasteiger partial charge in [-0.15, -0.1) is 0 Å². The van der Waals surface area contributed by atoms with Gasteiger partial charge < -0.3 is 14.8 Å². The van der Waals surface area contributed by atoms with Crippen molar-refractivity contribution in [1.82, 2.24) is 0 Å². The van der Waals surface area contributed by atoms with Crippen molar-refractivity contribution in [2.75, 3.05) is 5.32 Å². The maximum Gasteiger partial charge on any atom is 0.350 e. The Morgan fingerprint density at radius 1 is 1.29 bits per heavy atom. The largest absolute Gasteiger partial charge is 0.419 e. The van der Waals surface area contributed by atoms with Gasteiger partial charge in [0.05, 0.1) is 11.3 Å². The molecule has 2 rings (SSSR count). The molecule has 0 aromatic heterocycles. The summed E-state index contributed by atoms with van der Waals surface area (Å²) >= 11 is 0. The van der Waals surface area contributed by atoms with E-state index in [1.807, 2.05) is 0 Å². The third-order valence-electron chi connectivity index (χ3n) is 2.61. The summed E-state index contributed by atoms with van der Waals surface area (Å²) in [5, 5.41) is 11.3. The molecule has 0 atom stereocenters. The Bertz CT molecular complexity index is 667. The molecule has 108 valence electrons. The van der Waals surface area contributed by atoms with Crippen molar-refractivity contribution >= 4 is 17.6 Å². The molecule has 0 unspecified atom stereocenters. The first-order chi connectivity index (χ1) is 9.84. The molecular weight excluding hydrogens is 279 g/mol. The van der Waals surface area contributed by atoms with Crippen LogP contribution < -0.4 is 5.32 Å². The molecule has 1 aromatic carbocycles. The number of nitrogens with zero attached hydrogens (tertiary/aromatic N) is 1. The number of ether oxygens (including phenoxy) is 2. The maximum atomic E-state index is 13.6. The lowest BCUT2D eigenvalue weighted by molar-refractivity contribution is -0.222. The van der Waals surface area contributed by atoms with Crippen LogP contribution in [0.4, 0.5) is 10.1 Å². The molecule has 21 heavy (non-hydrogen) atoms. The van der Waals surface area contributed by atoms with Crippen molar-refractivity contribution in [2.45, 2.75) is 19.6 Å². The number of nitrogens with one attached hydrogen (secondary N) is 1. The summed E-state index contributed by atoms with van der Waals surface area (Å²) in [7, 11) is 0. The minimum atomic E-state index is -1.35. The lowest BCUT2D eigenvalue weighted by Crippen LogP contribution is -2.42. The topological polar surface area (TPSA) is 88.4 Å². The summed E-state index contributed by atoms with van der Waals surface area (Å²) in [5.41, 5.74) is -0.524. The molecule has 1 aliphatic rings. The van der Waals surface area contributed by atoms with Crippen LogP contribution in [0.1, 0.15) is 19.4 Å². The smallest absolute Gasteiger partial charge is 0.350 e. The van der Waals surface area contributed by atoms with Crippen LogP contribution in [-0.2, 0) is 19.1 Å². The van der Waals surface area contributed by atoms with E-state index in [1.165, 1.54) is 26.0 Å². The van der Waals surface area contributed by atoms with E-state index in [1.54, 1.807) is 6.07 Å². The number of carbonyl (C=O) groups is 2. The lowest BCUT2D eigenvalue weighted by atomic mass is 10.2. The first kappa shape index (κ1) is 14.5. The van der Waals surface area contributed by atoms with E-state index in [0.717, 1.165) is 12.3 Å². The fourth-order valence-corrected chi connectivity index (χ4v) is 1.69. The van der Waals surface area contributed by atoms with Crippen molar-refractivity contribution in [3.05, 3.63) is 41.4 Å². The number of anilines is 1. The molecule has 0 saturated carbocycles. The molecule has 0 aliphatic carbocycles. The third-order valence-corrected chi connectivity index (χ3v) is 2.61. The van der Waals surface area contributed by atoms with Crippen LogP contribution in [0.2, 0.25) is 0 Å². The second kappa shape index (κ2) is 5.25. The van der Waals surface area contributed by atoms with E-state index in [0.29, 0.717) is 0 Å². The monoisotopic (exact) mass is 290 g/mol. The van der Waals surface area contributed by atoms with Crippen LogP contribution in [0, 0.1) is 17.1 Å².